The Morgan fingerprint density at radius 1 is 1.08 bits per heavy atom. The van der Waals surface area contributed by atoms with Crippen molar-refractivity contribution >= 4 is 34.4 Å². The summed E-state index contributed by atoms with van der Waals surface area (Å²) in [6.07, 6.45) is -2.05. The van der Waals surface area contributed by atoms with Crippen molar-refractivity contribution in [2.24, 2.45) is 11.7 Å². The first-order chi connectivity index (χ1) is 18.0. The van der Waals surface area contributed by atoms with Crippen molar-refractivity contribution in [2.45, 2.75) is 26.2 Å². The quantitative estimate of drug-likeness (QED) is 0.254. The van der Waals surface area contributed by atoms with Crippen molar-refractivity contribution in [3.63, 3.8) is 0 Å². The maximum absolute atomic E-state index is 13.9. The van der Waals surface area contributed by atoms with Gasteiger partial charge in [-0.1, -0.05) is 38.1 Å². The fraction of sp³-hybridized carbons (Fsp3) is 0.185. The van der Waals surface area contributed by atoms with Crippen LogP contribution in [0.5, 0.6) is 0 Å². The summed E-state index contributed by atoms with van der Waals surface area (Å²) in [5.74, 6) is -1.62. The van der Waals surface area contributed by atoms with E-state index in [1.54, 1.807) is 24.3 Å². The molecule has 2 amide bonds. The third-order valence-electron chi connectivity index (χ3n) is 5.95. The third kappa shape index (κ3) is 5.35. The summed E-state index contributed by atoms with van der Waals surface area (Å²) < 4.78 is 43.3. The lowest BCUT2D eigenvalue weighted by Gasteiger charge is -2.25. The molecule has 0 radical (unpaired) electrons. The molecule has 0 saturated heterocycles. The van der Waals surface area contributed by atoms with Gasteiger partial charge in [-0.05, 0) is 47.9 Å². The van der Waals surface area contributed by atoms with E-state index in [9.17, 15) is 22.8 Å². The molecule has 0 aliphatic rings. The molecule has 0 aliphatic heterocycles. The number of benzene rings is 2. The number of anilines is 2. The van der Waals surface area contributed by atoms with Gasteiger partial charge >= 0.3 is 6.30 Å². The van der Waals surface area contributed by atoms with Crippen LogP contribution in [0.2, 0.25) is 0 Å². The Morgan fingerprint density at radius 3 is 2.32 bits per heavy atom. The molecule has 2 aromatic carbocycles. The van der Waals surface area contributed by atoms with Crippen LogP contribution in [0, 0.1) is 12.5 Å². The second kappa shape index (κ2) is 10.4. The SMILES string of the molecule is [C-]#[N+]c1ccc(N(C(=O)c2ccn3ncc(-c4ccc(NC(=O)[C@@H](N)C(C)C)cc4)c3c2)C(F)(F)F)cc1. The summed E-state index contributed by atoms with van der Waals surface area (Å²) in [7, 11) is 0. The summed E-state index contributed by atoms with van der Waals surface area (Å²) in [4.78, 5) is 28.2. The van der Waals surface area contributed by atoms with Gasteiger partial charge in [0.2, 0.25) is 5.91 Å². The number of aromatic nitrogens is 2. The first-order valence-electron chi connectivity index (χ1n) is 11.5. The molecule has 4 rings (SSSR count). The van der Waals surface area contributed by atoms with Crippen LogP contribution < -0.4 is 16.0 Å². The first kappa shape index (κ1) is 26.4. The fourth-order valence-electron chi connectivity index (χ4n) is 3.78. The number of fused-ring (bicyclic) bond motifs is 1. The van der Waals surface area contributed by atoms with Gasteiger partial charge < -0.3 is 11.1 Å². The van der Waals surface area contributed by atoms with Gasteiger partial charge in [0.05, 0.1) is 30.0 Å². The van der Waals surface area contributed by atoms with Crippen molar-refractivity contribution in [2.75, 3.05) is 10.2 Å². The molecule has 1 atom stereocenters. The molecule has 2 aromatic heterocycles. The van der Waals surface area contributed by atoms with E-state index in [2.05, 4.69) is 15.3 Å². The van der Waals surface area contributed by atoms with Gasteiger partial charge in [0.15, 0.2) is 5.69 Å². The molecule has 4 aromatic rings. The molecule has 3 N–H and O–H groups in total. The second-order valence-electron chi connectivity index (χ2n) is 8.88. The van der Waals surface area contributed by atoms with E-state index in [-0.39, 0.29) is 28.0 Å². The lowest BCUT2D eigenvalue weighted by atomic mass is 10.0. The van der Waals surface area contributed by atoms with Crippen LogP contribution in [0.4, 0.5) is 30.2 Å². The van der Waals surface area contributed by atoms with Crippen LogP contribution in [-0.2, 0) is 4.79 Å². The Balaban J connectivity index is 1.65. The number of nitrogens with two attached hydrogens (primary N) is 1. The number of nitrogens with one attached hydrogen (secondary N) is 1. The van der Waals surface area contributed by atoms with E-state index < -0.39 is 23.9 Å². The van der Waals surface area contributed by atoms with Crippen LogP contribution in [0.3, 0.4) is 0 Å². The maximum atomic E-state index is 13.9. The van der Waals surface area contributed by atoms with Crippen molar-refractivity contribution < 1.29 is 22.8 Å². The van der Waals surface area contributed by atoms with Gasteiger partial charge in [-0.3, -0.25) is 9.59 Å². The van der Waals surface area contributed by atoms with E-state index in [1.807, 2.05) is 13.8 Å². The highest BCUT2D eigenvalue weighted by Crippen LogP contribution is 2.33. The average molecular weight is 521 g/mol. The number of pyridine rings is 1. The highest BCUT2D eigenvalue weighted by atomic mass is 19.4. The number of rotatable bonds is 6. The normalized spacial score (nSPS) is 12.3. The van der Waals surface area contributed by atoms with Crippen molar-refractivity contribution in [1.29, 1.82) is 0 Å². The Labute approximate surface area is 216 Å². The minimum atomic E-state index is -5.00. The third-order valence-corrected chi connectivity index (χ3v) is 5.95. The Kier molecular flexibility index (Phi) is 7.19. The predicted molar refractivity (Wildman–Crippen MR) is 138 cm³/mol. The topological polar surface area (TPSA) is 97.1 Å². The molecule has 0 fully saturated rings. The standard InChI is InChI=1S/C27H23F3N6O2/c1-16(2)24(31)25(37)34-20-6-4-17(5-7-20)22-15-33-35-13-12-18(14-23(22)35)26(38)36(27(28,29)30)21-10-8-19(32-3)9-11-21/h4-16,24H,31H2,1-2H3,(H,34,37)/t24-/m0/s1. The maximum Gasteiger partial charge on any atom is 0.491 e. The Hall–Kier alpha value is -4.69. The zero-order chi connectivity index (χ0) is 27.6. The minimum absolute atomic E-state index is 0.0312. The number of halogens is 3. The number of nitrogens with zero attached hydrogens (tertiary/aromatic N) is 4. The van der Waals surface area contributed by atoms with Crippen LogP contribution in [-0.4, -0.2) is 33.8 Å². The van der Waals surface area contributed by atoms with Gasteiger partial charge in [0.1, 0.15) is 0 Å². The second-order valence-corrected chi connectivity index (χ2v) is 8.88. The van der Waals surface area contributed by atoms with E-state index in [1.165, 1.54) is 41.2 Å². The van der Waals surface area contributed by atoms with Crippen molar-refractivity contribution in [3.05, 3.63) is 90.0 Å². The van der Waals surface area contributed by atoms with E-state index in [0.717, 1.165) is 12.1 Å². The Bertz CT molecular complexity index is 1520. The molecule has 38 heavy (non-hydrogen) atoms. The van der Waals surface area contributed by atoms with Crippen LogP contribution >= 0.6 is 0 Å². The average Bonchev–Trinajstić information content (AvgIpc) is 3.31. The predicted octanol–water partition coefficient (Wildman–Crippen LogP) is 5.64. The smallest absolute Gasteiger partial charge is 0.325 e. The molecule has 0 saturated carbocycles. The summed E-state index contributed by atoms with van der Waals surface area (Å²) in [6, 6.07) is 13.3. The molecule has 0 aliphatic carbocycles. The molecular weight excluding hydrogens is 497 g/mol. The Morgan fingerprint density at radius 2 is 1.74 bits per heavy atom. The van der Waals surface area contributed by atoms with Gasteiger partial charge in [-0.25, -0.2) is 14.3 Å². The largest absolute Gasteiger partial charge is 0.491 e. The van der Waals surface area contributed by atoms with Crippen LogP contribution in [0.15, 0.2) is 73.1 Å². The van der Waals surface area contributed by atoms with Gasteiger partial charge in [0.25, 0.3) is 5.91 Å². The summed E-state index contributed by atoms with van der Waals surface area (Å²) in [6.45, 7) is 10.7. The molecular formula is C27H23F3N6O2. The molecule has 0 bridgehead atoms. The molecule has 11 heteroatoms. The highest BCUT2D eigenvalue weighted by molar-refractivity contribution is 6.07. The molecule has 0 spiro atoms. The molecule has 8 nitrogen and oxygen atoms in total. The lowest BCUT2D eigenvalue weighted by Crippen LogP contribution is -2.43. The number of alkyl halides is 3. The summed E-state index contributed by atoms with van der Waals surface area (Å²) in [5.41, 5.74) is 7.64. The number of carbonyl (C=O) groups is 2. The molecule has 194 valence electrons. The van der Waals surface area contributed by atoms with Crippen LogP contribution in [0.25, 0.3) is 21.5 Å². The zero-order valence-corrected chi connectivity index (χ0v) is 20.4. The number of amides is 2. The van der Waals surface area contributed by atoms with Crippen molar-refractivity contribution in [1.82, 2.24) is 9.61 Å². The van der Waals surface area contributed by atoms with E-state index >= 15 is 0 Å². The van der Waals surface area contributed by atoms with Gasteiger partial charge in [-0.2, -0.15) is 5.10 Å². The molecule has 0 unspecified atom stereocenters. The van der Waals surface area contributed by atoms with E-state index in [4.69, 9.17) is 12.3 Å². The lowest BCUT2D eigenvalue weighted by molar-refractivity contribution is -0.122. The van der Waals surface area contributed by atoms with Gasteiger partial charge in [0, 0.05) is 23.0 Å². The van der Waals surface area contributed by atoms with E-state index in [0.29, 0.717) is 22.3 Å². The summed E-state index contributed by atoms with van der Waals surface area (Å²) >= 11 is 0. The van der Waals surface area contributed by atoms with Gasteiger partial charge in [-0.15, -0.1) is 13.2 Å². The minimum Gasteiger partial charge on any atom is -0.325 e. The fourth-order valence-corrected chi connectivity index (χ4v) is 3.78. The first-order valence-corrected chi connectivity index (χ1v) is 11.5. The molecule has 2 heterocycles. The van der Waals surface area contributed by atoms with Crippen LogP contribution in [0.1, 0.15) is 24.2 Å². The number of carbonyl (C=O) groups excluding carboxylic acids is 2. The highest BCUT2D eigenvalue weighted by Gasteiger charge is 2.42. The zero-order valence-electron chi connectivity index (χ0n) is 20.4. The number of hydrogen-bond acceptors (Lipinski definition) is 4. The number of hydrogen-bond donors (Lipinski definition) is 2. The summed E-state index contributed by atoms with van der Waals surface area (Å²) in [5, 5.41) is 6.98. The van der Waals surface area contributed by atoms with Crippen molar-refractivity contribution in [3.8, 4) is 11.1 Å². The monoisotopic (exact) mass is 520 g/mol.